The van der Waals surface area contributed by atoms with Gasteiger partial charge in [-0.25, -0.2) is 8.42 Å². The summed E-state index contributed by atoms with van der Waals surface area (Å²) < 4.78 is 24.4. The highest BCUT2D eigenvalue weighted by Gasteiger charge is 2.24. The molecule has 0 saturated carbocycles. The number of nitrogens with two attached hydrogens (primary N) is 1. The lowest BCUT2D eigenvalue weighted by Crippen LogP contribution is -2.35. The summed E-state index contributed by atoms with van der Waals surface area (Å²) in [5.41, 5.74) is 6.69. The van der Waals surface area contributed by atoms with Crippen molar-refractivity contribution in [2.75, 3.05) is 24.6 Å². The quantitative estimate of drug-likeness (QED) is 0.824. The number of para-hydroxylation sites is 1. The molecule has 0 heterocycles. The molecule has 2 N–H and O–H groups in total. The number of hydrogen-bond donors (Lipinski definition) is 1. The van der Waals surface area contributed by atoms with Gasteiger partial charge >= 0.3 is 0 Å². The number of benzene rings is 1. The zero-order chi connectivity index (χ0) is 14.6. The molecule has 0 radical (unpaired) electrons. The van der Waals surface area contributed by atoms with Gasteiger partial charge in [0.1, 0.15) is 5.75 Å². The van der Waals surface area contributed by atoms with E-state index in [4.69, 9.17) is 5.73 Å². The normalized spacial score (nSPS) is 11.3. The van der Waals surface area contributed by atoms with Crippen molar-refractivity contribution in [2.45, 2.75) is 25.7 Å². The van der Waals surface area contributed by atoms with Gasteiger partial charge in [-0.1, -0.05) is 12.1 Å². The predicted molar refractivity (Wildman–Crippen MR) is 75.6 cm³/mol. The molecule has 1 amide bonds. The Labute approximate surface area is 114 Å². The van der Waals surface area contributed by atoms with Crippen molar-refractivity contribution in [1.29, 1.82) is 0 Å². The molecule has 106 valence electrons. The first kappa shape index (κ1) is 15.5. The topological polar surface area (TPSA) is 80.5 Å². The van der Waals surface area contributed by atoms with E-state index in [0.29, 0.717) is 18.7 Å². The van der Waals surface area contributed by atoms with Gasteiger partial charge in [0.15, 0.2) is 9.84 Å². The van der Waals surface area contributed by atoms with E-state index in [-0.39, 0.29) is 10.6 Å². The number of hydrogen-bond acceptors (Lipinski definition) is 4. The summed E-state index contributed by atoms with van der Waals surface area (Å²) in [6, 6.07) is 4.80. The second kappa shape index (κ2) is 6.06. The summed E-state index contributed by atoms with van der Waals surface area (Å²) in [6.07, 6.45) is 0. The maximum absolute atomic E-state index is 12.2. The van der Waals surface area contributed by atoms with E-state index in [1.807, 2.05) is 13.8 Å². The fourth-order valence-electron chi connectivity index (χ4n) is 1.83. The summed E-state index contributed by atoms with van der Waals surface area (Å²) in [7, 11) is -3.69. The number of rotatable bonds is 5. The van der Waals surface area contributed by atoms with E-state index >= 15 is 0 Å². The number of nitrogen functional groups attached to an aromatic ring is 1. The second-order valence-electron chi connectivity index (χ2n) is 4.31. The summed E-state index contributed by atoms with van der Waals surface area (Å²) in [6.45, 7) is 6.35. The highest BCUT2D eigenvalue weighted by atomic mass is 32.2. The Balaban J connectivity index is 3.06. The molecule has 5 nitrogen and oxygen atoms in total. The SMILES string of the molecule is CCN(CC)C(=O)CS(=O)(=O)c1cccc(C)c1N. The number of anilines is 1. The summed E-state index contributed by atoms with van der Waals surface area (Å²) in [5.74, 6) is -0.937. The largest absolute Gasteiger partial charge is 0.397 e. The van der Waals surface area contributed by atoms with Crippen LogP contribution >= 0.6 is 0 Å². The molecular formula is C13H20N2O3S. The van der Waals surface area contributed by atoms with E-state index in [9.17, 15) is 13.2 Å². The Morgan fingerprint density at radius 3 is 2.37 bits per heavy atom. The van der Waals surface area contributed by atoms with Crippen LogP contribution in [0.15, 0.2) is 23.1 Å². The summed E-state index contributed by atoms with van der Waals surface area (Å²) >= 11 is 0. The van der Waals surface area contributed by atoms with Gasteiger partial charge in [-0.15, -0.1) is 0 Å². The highest BCUT2D eigenvalue weighted by molar-refractivity contribution is 7.92. The molecule has 1 aromatic carbocycles. The molecule has 0 atom stereocenters. The Kier molecular flexibility index (Phi) is 4.94. The second-order valence-corrected chi connectivity index (χ2v) is 6.27. The molecule has 0 fully saturated rings. The van der Waals surface area contributed by atoms with Crippen molar-refractivity contribution in [3.05, 3.63) is 23.8 Å². The molecule has 1 aromatic rings. The average Bonchev–Trinajstić information content (AvgIpc) is 2.33. The molecule has 0 aliphatic carbocycles. The molecule has 0 aromatic heterocycles. The van der Waals surface area contributed by atoms with Crippen LogP contribution in [0.4, 0.5) is 5.69 Å². The fraction of sp³-hybridized carbons (Fsp3) is 0.462. The third-order valence-corrected chi connectivity index (χ3v) is 4.70. The van der Waals surface area contributed by atoms with Gasteiger partial charge in [0.25, 0.3) is 0 Å². The van der Waals surface area contributed by atoms with Crippen molar-refractivity contribution in [1.82, 2.24) is 4.90 Å². The van der Waals surface area contributed by atoms with Crippen molar-refractivity contribution >= 4 is 21.4 Å². The van der Waals surface area contributed by atoms with Crippen LogP contribution < -0.4 is 5.73 Å². The van der Waals surface area contributed by atoms with Gasteiger partial charge in [-0.3, -0.25) is 4.79 Å². The van der Waals surface area contributed by atoms with Gasteiger partial charge in [-0.2, -0.15) is 0 Å². The minimum atomic E-state index is -3.69. The van der Waals surface area contributed by atoms with Crippen molar-refractivity contribution < 1.29 is 13.2 Å². The van der Waals surface area contributed by atoms with E-state index in [2.05, 4.69) is 0 Å². The fourth-order valence-corrected chi connectivity index (χ4v) is 3.28. The molecule has 19 heavy (non-hydrogen) atoms. The van der Waals surface area contributed by atoms with Crippen LogP contribution in [0.2, 0.25) is 0 Å². The average molecular weight is 284 g/mol. The third kappa shape index (κ3) is 3.47. The molecule has 0 aliphatic rings. The number of carbonyl (C=O) groups is 1. The van der Waals surface area contributed by atoms with Gasteiger partial charge in [0.05, 0.1) is 10.6 Å². The molecule has 1 rings (SSSR count). The van der Waals surface area contributed by atoms with Crippen LogP contribution in [-0.2, 0) is 14.6 Å². The van der Waals surface area contributed by atoms with Crippen LogP contribution in [0.3, 0.4) is 0 Å². The van der Waals surface area contributed by atoms with Crippen molar-refractivity contribution in [3.8, 4) is 0 Å². The van der Waals surface area contributed by atoms with Crippen molar-refractivity contribution in [3.63, 3.8) is 0 Å². The molecule has 0 saturated heterocycles. The summed E-state index contributed by atoms with van der Waals surface area (Å²) in [5, 5.41) is 0. The Hall–Kier alpha value is -1.56. The monoisotopic (exact) mass is 284 g/mol. The van der Waals surface area contributed by atoms with E-state index < -0.39 is 21.5 Å². The minimum Gasteiger partial charge on any atom is -0.397 e. The van der Waals surface area contributed by atoms with Crippen LogP contribution in [0.1, 0.15) is 19.4 Å². The highest BCUT2D eigenvalue weighted by Crippen LogP contribution is 2.22. The van der Waals surface area contributed by atoms with E-state index in [1.54, 1.807) is 19.1 Å². The molecule has 0 spiro atoms. The van der Waals surface area contributed by atoms with Gasteiger partial charge in [0.2, 0.25) is 5.91 Å². The van der Waals surface area contributed by atoms with Crippen molar-refractivity contribution in [2.24, 2.45) is 0 Å². The zero-order valence-corrected chi connectivity index (χ0v) is 12.3. The van der Waals surface area contributed by atoms with Gasteiger partial charge in [-0.05, 0) is 32.4 Å². The molecular weight excluding hydrogens is 264 g/mol. The predicted octanol–water partition coefficient (Wildman–Crippen LogP) is 1.22. The number of carbonyl (C=O) groups excluding carboxylic acids is 1. The Morgan fingerprint density at radius 2 is 1.84 bits per heavy atom. The summed E-state index contributed by atoms with van der Waals surface area (Å²) in [4.78, 5) is 13.4. The Bertz CT molecular complexity index is 563. The van der Waals surface area contributed by atoms with Crippen LogP contribution in [0.5, 0.6) is 0 Å². The van der Waals surface area contributed by atoms with E-state index in [1.165, 1.54) is 11.0 Å². The van der Waals surface area contributed by atoms with E-state index in [0.717, 1.165) is 0 Å². The zero-order valence-electron chi connectivity index (χ0n) is 11.5. The first-order valence-corrected chi connectivity index (χ1v) is 7.84. The van der Waals surface area contributed by atoms with Gasteiger partial charge < -0.3 is 10.6 Å². The molecule has 0 aliphatic heterocycles. The van der Waals surface area contributed by atoms with Crippen LogP contribution in [0.25, 0.3) is 0 Å². The maximum Gasteiger partial charge on any atom is 0.238 e. The maximum atomic E-state index is 12.2. The number of aryl methyl sites for hydroxylation is 1. The number of nitrogens with zero attached hydrogens (tertiary/aromatic N) is 1. The number of sulfone groups is 1. The molecule has 0 unspecified atom stereocenters. The van der Waals surface area contributed by atoms with Crippen LogP contribution in [-0.4, -0.2) is 38.1 Å². The lowest BCUT2D eigenvalue weighted by Gasteiger charge is -2.18. The van der Waals surface area contributed by atoms with Crippen LogP contribution in [0, 0.1) is 6.92 Å². The lowest BCUT2D eigenvalue weighted by molar-refractivity contribution is -0.128. The lowest BCUT2D eigenvalue weighted by atomic mass is 10.2. The smallest absolute Gasteiger partial charge is 0.238 e. The minimum absolute atomic E-state index is 0.0352. The molecule has 6 heteroatoms. The third-order valence-electron chi connectivity index (χ3n) is 3.05. The van der Waals surface area contributed by atoms with Gasteiger partial charge in [0, 0.05) is 13.1 Å². The first-order chi connectivity index (χ1) is 8.83. The standard InChI is InChI=1S/C13H20N2O3S/c1-4-15(5-2)12(16)9-19(17,18)11-8-6-7-10(3)13(11)14/h6-8H,4-5,9,14H2,1-3H3. The molecule has 0 bridgehead atoms. The Morgan fingerprint density at radius 1 is 1.26 bits per heavy atom. The first-order valence-electron chi connectivity index (χ1n) is 6.19. The number of amides is 1.